The van der Waals surface area contributed by atoms with Crippen LogP contribution in [-0.4, -0.2) is 24.3 Å². The molecule has 2 aromatic carbocycles. The second-order valence-corrected chi connectivity index (χ2v) is 8.67. The maximum Gasteiger partial charge on any atom is 0.243 e. The number of nitrogens with zero attached hydrogens (tertiary/aromatic N) is 1. The molecule has 0 radical (unpaired) electrons. The molecule has 1 aliphatic rings. The Morgan fingerprint density at radius 1 is 1.19 bits per heavy atom. The number of hydrogen-bond acceptors (Lipinski definition) is 2. The highest BCUT2D eigenvalue weighted by atomic mass is 32.2. The number of sulfonamides is 1. The van der Waals surface area contributed by atoms with Crippen LogP contribution in [0.25, 0.3) is 10.9 Å². The van der Waals surface area contributed by atoms with Gasteiger partial charge in [0.05, 0.1) is 10.9 Å². The number of hydrogen-bond donors (Lipinski definition) is 1. The summed E-state index contributed by atoms with van der Waals surface area (Å²) in [6, 6.07) is 15.0. The van der Waals surface area contributed by atoms with Gasteiger partial charge in [0, 0.05) is 23.1 Å². The van der Waals surface area contributed by atoms with Crippen molar-refractivity contribution in [1.82, 2.24) is 9.29 Å². The second kappa shape index (κ2) is 6.41. The van der Waals surface area contributed by atoms with E-state index in [0.717, 1.165) is 16.8 Å². The summed E-state index contributed by atoms with van der Waals surface area (Å²) in [5.41, 5.74) is 4.32. The highest BCUT2D eigenvalue weighted by molar-refractivity contribution is 7.89. The third-order valence-corrected chi connectivity index (χ3v) is 7.05. The average Bonchev–Trinajstić information content (AvgIpc) is 3.02. The molecule has 0 saturated carbocycles. The van der Waals surface area contributed by atoms with Crippen molar-refractivity contribution in [1.29, 1.82) is 0 Å². The quantitative estimate of drug-likeness (QED) is 0.698. The molecule has 4 nitrogen and oxygen atoms in total. The number of para-hydroxylation sites is 1. The van der Waals surface area contributed by atoms with Crippen LogP contribution in [-0.2, 0) is 16.4 Å². The van der Waals surface area contributed by atoms with Crippen LogP contribution in [0.5, 0.6) is 0 Å². The molecule has 134 valence electrons. The number of H-pyrrole nitrogens is 1. The molecule has 1 aliphatic heterocycles. The van der Waals surface area contributed by atoms with Crippen molar-refractivity contribution in [2.75, 3.05) is 6.54 Å². The van der Waals surface area contributed by atoms with E-state index in [0.29, 0.717) is 24.3 Å². The number of benzene rings is 2. The molecule has 0 saturated heterocycles. The molecule has 4 rings (SSSR count). The zero-order valence-corrected chi connectivity index (χ0v) is 15.6. The lowest BCUT2D eigenvalue weighted by Gasteiger charge is -2.34. The summed E-state index contributed by atoms with van der Waals surface area (Å²) in [5, 5.41) is 1.18. The number of rotatable bonds is 4. The van der Waals surface area contributed by atoms with E-state index < -0.39 is 10.0 Å². The van der Waals surface area contributed by atoms with Crippen molar-refractivity contribution in [3.8, 4) is 0 Å². The fraction of sp³-hybridized carbons (Fsp3) is 0.238. The van der Waals surface area contributed by atoms with Crippen LogP contribution in [0.3, 0.4) is 0 Å². The molecule has 26 heavy (non-hydrogen) atoms. The monoisotopic (exact) mass is 366 g/mol. The lowest BCUT2D eigenvalue weighted by molar-refractivity contribution is 0.305. The minimum atomic E-state index is -3.56. The molecular formula is C21H22N2O2S. The first-order chi connectivity index (χ1) is 12.5. The van der Waals surface area contributed by atoms with E-state index in [1.54, 1.807) is 22.5 Å². The Labute approximate surface area is 154 Å². The smallest absolute Gasteiger partial charge is 0.243 e. The van der Waals surface area contributed by atoms with Gasteiger partial charge in [0.25, 0.3) is 0 Å². The topological polar surface area (TPSA) is 53.2 Å². The van der Waals surface area contributed by atoms with Crippen LogP contribution in [0, 0.1) is 6.92 Å². The van der Waals surface area contributed by atoms with Gasteiger partial charge in [0.1, 0.15) is 0 Å². The van der Waals surface area contributed by atoms with Crippen LogP contribution in [0.15, 0.2) is 66.1 Å². The molecule has 0 aliphatic carbocycles. The number of nitrogens with one attached hydrogen (secondary N) is 1. The van der Waals surface area contributed by atoms with E-state index in [1.807, 2.05) is 37.3 Å². The van der Waals surface area contributed by atoms with Crippen LogP contribution in [0.1, 0.15) is 29.3 Å². The van der Waals surface area contributed by atoms with E-state index in [1.165, 1.54) is 10.9 Å². The number of fused-ring (bicyclic) bond motifs is 3. The van der Waals surface area contributed by atoms with Crippen molar-refractivity contribution >= 4 is 20.9 Å². The van der Waals surface area contributed by atoms with Gasteiger partial charge in [-0.2, -0.15) is 4.31 Å². The molecule has 1 atom stereocenters. The fourth-order valence-electron chi connectivity index (χ4n) is 3.82. The first-order valence-electron chi connectivity index (χ1n) is 8.81. The van der Waals surface area contributed by atoms with Crippen molar-refractivity contribution in [2.24, 2.45) is 0 Å². The molecule has 0 bridgehead atoms. The first-order valence-corrected chi connectivity index (χ1v) is 10.3. The van der Waals surface area contributed by atoms with Gasteiger partial charge in [-0.05, 0) is 43.5 Å². The van der Waals surface area contributed by atoms with Crippen LogP contribution in [0.2, 0.25) is 0 Å². The van der Waals surface area contributed by atoms with Gasteiger partial charge in [-0.25, -0.2) is 8.42 Å². The fourth-order valence-corrected chi connectivity index (χ4v) is 5.43. The molecule has 1 aromatic heterocycles. The molecule has 0 amide bonds. The van der Waals surface area contributed by atoms with Gasteiger partial charge in [-0.3, -0.25) is 0 Å². The van der Waals surface area contributed by atoms with E-state index in [4.69, 9.17) is 0 Å². The second-order valence-electron chi connectivity index (χ2n) is 6.78. The SMILES string of the molecule is C=CC[C@@H]1c2[nH]c3ccccc3c2CCN1S(=O)(=O)c1ccc(C)cc1. The Hall–Kier alpha value is -2.37. The van der Waals surface area contributed by atoms with E-state index in [2.05, 4.69) is 17.6 Å². The predicted molar refractivity (Wildman–Crippen MR) is 105 cm³/mol. The lowest BCUT2D eigenvalue weighted by atomic mass is 9.97. The molecule has 5 heteroatoms. The minimum absolute atomic E-state index is 0.255. The normalized spacial score (nSPS) is 18.0. The van der Waals surface area contributed by atoms with Gasteiger partial charge in [0.15, 0.2) is 0 Å². The summed E-state index contributed by atoms with van der Waals surface area (Å²) in [7, 11) is -3.56. The summed E-state index contributed by atoms with van der Waals surface area (Å²) >= 11 is 0. The van der Waals surface area contributed by atoms with Gasteiger partial charge < -0.3 is 4.98 Å². The van der Waals surface area contributed by atoms with Gasteiger partial charge in [0.2, 0.25) is 10.0 Å². The van der Waals surface area contributed by atoms with Crippen molar-refractivity contribution in [3.63, 3.8) is 0 Å². The molecule has 0 fully saturated rings. The lowest BCUT2D eigenvalue weighted by Crippen LogP contribution is -2.39. The Morgan fingerprint density at radius 2 is 1.92 bits per heavy atom. The number of aryl methyl sites for hydroxylation is 1. The third kappa shape index (κ3) is 2.68. The average molecular weight is 366 g/mol. The zero-order chi connectivity index (χ0) is 18.3. The Bertz CT molecular complexity index is 1070. The maximum atomic E-state index is 13.3. The molecule has 2 heterocycles. The highest BCUT2D eigenvalue weighted by Gasteiger charge is 2.37. The largest absolute Gasteiger partial charge is 0.357 e. The summed E-state index contributed by atoms with van der Waals surface area (Å²) in [4.78, 5) is 3.80. The number of aromatic nitrogens is 1. The number of aromatic amines is 1. The van der Waals surface area contributed by atoms with Gasteiger partial charge >= 0.3 is 0 Å². The summed E-state index contributed by atoms with van der Waals surface area (Å²) < 4.78 is 28.2. The Balaban J connectivity index is 1.82. The molecule has 3 aromatic rings. The van der Waals surface area contributed by atoms with Crippen LogP contribution >= 0.6 is 0 Å². The first kappa shape index (κ1) is 17.1. The Morgan fingerprint density at radius 3 is 2.65 bits per heavy atom. The molecule has 0 spiro atoms. The van der Waals surface area contributed by atoms with E-state index in [-0.39, 0.29) is 6.04 Å². The standard InChI is InChI=1S/C21H22N2O2S/c1-3-6-20-21-18(17-7-4-5-8-19(17)22-21)13-14-23(20)26(24,25)16-11-9-15(2)10-12-16/h3-5,7-12,20,22H,1,6,13-14H2,2H3/t20-/m1/s1. The van der Waals surface area contributed by atoms with Gasteiger partial charge in [-0.1, -0.05) is 42.0 Å². The summed E-state index contributed by atoms with van der Waals surface area (Å²) in [5.74, 6) is 0. The predicted octanol–water partition coefficient (Wildman–Crippen LogP) is 4.34. The Kier molecular flexibility index (Phi) is 4.21. The van der Waals surface area contributed by atoms with Crippen molar-refractivity contribution < 1.29 is 8.42 Å². The van der Waals surface area contributed by atoms with E-state index >= 15 is 0 Å². The molecule has 0 unspecified atom stereocenters. The third-order valence-electron chi connectivity index (χ3n) is 5.13. The minimum Gasteiger partial charge on any atom is -0.357 e. The zero-order valence-electron chi connectivity index (χ0n) is 14.8. The van der Waals surface area contributed by atoms with Crippen LogP contribution in [0.4, 0.5) is 0 Å². The summed E-state index contributed by atoms with van der Waals surface area (Å²) in [6.07, 6.45) is 3.08. The molecule has 1 N–H and O–H groups in total. The highest BCUT2D eigenvalue weighted by Crippen LogP contribution is 2.39. The van der Waals surface area contributed by atoms with Gasteiger partial charge in [-0.15, -0.1) is 6.58 Å². The van der Waals surface area contributed by atoms with E-state index in [9.17, 15) is 8.42 Å². The van der Waals surface area contributed by atoms with Crippen molar-refractivity contribution in [2.45, 2.75) is 30.7 Å². The summed E-state index contributed by atoms with van der Waals surface area (Å²) in [6.45, 7) is 6.28. The maximum absolute atomic E-state index is 13.3. The van der Waals surface area contributed by atoms with Crippen molar-refractivity contribution in [3.05, 3.63) is 78.0 Å². The van der Waals surface area contributed by atoms with Crippen LogP contribution < -0.4 is 0 Å². The molecular weight excluding hydrogens is 344 g/mol.